The number of methoxy groups -OCH3 is 1. The molecule has 1 atom stereocenters. The maximum atomic E-state index is 5.70. The lowest BCUT2D eigenvalue weighted by Gasteiger charge is -2.18. The Labute approximate surface area is 126 Å². The highest BCUT2D eigenvalue weighted by molar-refractivity contribution is 9.10. The van der Waals surface area contributed by atoms with Gasteiger partial charge < -0.3 is 9.15 Å². The Bertz CT molecular complexity index is 512. The molecular formula is C13H19BrN4O2. The quantitative estimate of drug-likeness (QED) is 0.566. The molecule has 0 bridgehead atoms. The van der Waals surface area contributed by atoms with Gasteiger partial charge in [-0.05, 0) is 34.5 Å². The van der Waals surface area contributed by atoms with Crippen LogP contribution in [0.3, 0.4) is 0 Å². The number of aryl methyl sites for hydroxylation is 1. The van der Waals surface area contributed by atoms with Gasteiger partial charge in [0.25, 0.3) is 0 Å². The summed E-state index contributed by atoms with van der Waals surface area (Å²) in [5.74, 6) is 6.64. The molecule has 2 aromatic heterocycles. The minimum atomic E-state index is -0.00571. The summed E-state index contributed by atoms with van der Waals surface area (Å²) in [7, 11) is 1.67. The molecule has 0 aromatic carbocycles. The topological polar surface area (TPSA) is 78.2 Å². The van der Waals surface area contributed by atoms with Crippen molar-refractivity contribution in [3.8, 4) is 0 Å². The highest BCUT2D eigenvalue weighted by Crippen LogP contribution is 2.26. The van der Waals surface area contributed by atoms with Gasteiger partial charge in [-0.25, -0.2) is 0 Å². The van der Waals surface area contributed by atoms with Gasteiger partial charge in [0.2, 0.25) is 0 Å². The van der Waals surface area contributed by atoms with Gasteiger partial charge in [-0.1, -0.05) is 0 Å². The number of ether oxygens (including phenoxy) is 1. The molecule has 0 aliphatic rings. The van der Waals surface area contributed by atoms with Gasteiger partial charge in [0.15, 0.2) is 0 Å². The average molecular weight is 343 g/mol. The van der Waals surface area contributed by atoms with Crippen molar-refractivity contribution in [2.24, 2.45) is 5.84 Å². The van der Waals surface area contributed by atoms with E-state index in [-0.39, 0.29) is 6.04 Å². The molecule has 0 radical (unpaired) electrons. The third-order valence-electron chi connectivity index (χ3n) is 3.13. The average Bonchev–Trinajstić information content (AvgIpc) is 3.08. The van der Waals surface area contributed by atoms with Crippen molar-refractivity contribution in [1.29, 1.82) is 0 Å². The number of rotatable bonds is 8. The van der Waals surface area contributed by atoms with Gasteiger partial charge in [0.05, 0.1) is 41.8 Å². The van der Waals surface area contributed by atoms with Crippen LogP contribution in [-0.4, -0.2) is 23.5 Å². The number of hydrazine groups is 1. The van der Waals surface area contributed by atoms with Gasteiger partial charge in [0, 0.05) is 13.5 Å². The molecule has 0 aliphatic heterocycles. The zero-order valence-corrected chi connectivity index (χ0v) is 13.0. The summed E-state index contributed by atoms with van der Waals surface area (Å²) in [5.41, 5.74) is 3.88. The molecule has 0 fully saturated rings. The lowest BCUT2D eigenvalue weighted by atomic mass is 10.1. The van der Waals surface area contributed by atoms with E-state index >= 15 is 0 Å². The Morgan fingerprint density at radius 3 is 3.10 bits per heavy atom. The zero-order valence-electron chi connectivity index (χ0n) is 11.4. The molecule has 7 heteroatoms. The van der Waals surface area contributed by atoms with E-state index in [1.165, 1.54) is 0 Å². The molecule has 0 spiro atoms. The van der Waals surface area contributed by atoms with E-state index in [2.05, 4.69) is 26.5 Å². The zero-order chi connectivity index (χ0) is 14.4. The Hall–Kier alpha value is -1.15. The van der Waals surface area contributed by atoms with Crippen molar-refractivity contribution in [2.75, 3.05) is 13.7 Å². The first-order valence-corrected chi connectivity index (χ1v) is 7.24. The predicted molar refractivity (Wildman–Crippen MR) is 78.9 cm³/mol. The first-order chi connectivity index (χ1) is 9.76. The number of halogens is 1. The van der Waals surface area contributed by atoms with Crippen LogP contribution in [0.15, 0.2) is 33.5 Å². The second-order valence-corrected chi connectivity index (χ2v) is 5.29. The van der Waals surface area contributed by atoms with Crippen LogP contribution in [0.25, 0.3) is 0 Å². The smallest absolute Gasteiger partial charge is 0.103 e. The molecule has 2 rings (SSSR count). The van der Waals surface area contributed by atoms with E-state index in [0.29, 0.717) is 13.2 Å². The van der Waals surface area contributed by atoms with Gasteiger partial charge in [0.1, 0.15) is 5.76 Å². The summed E-state index contributed by atoms with van der Waals surface area (Å²) >= 11 is 3.53. The van der Waals surface area contributed by atoms with Gasteiger partial charge >= 0.3 is 0 Å². The van der Waals surface area contributed by atoms with E-state index in [1.807, 2.05) is 16.8 Å². The fourth-order valence-electron chi connectivity index (χ4n) is 2.11. The summed E-state index contributed by atoms with van der Waals surface area (Å²) in [5, 5.41) is 4.34. The largest absolute Gasteiger partial charge is 0.469 e. The third-order valence-corrected chi connectivity index (χ3v) is 3.74. The van der Waals surface area contributed by atoms with Crippen LogP contribution in [0.5, 0.6) is 0 Å². The second-order valence-electron chi connectivity index (χ2n) is 4.43. The lowest BCUT2D eigenvalue weighted by molar-refractivity contribution is 0.181. The normalized spacial score (nSPS) is 12.8. The molecule has 0 aliphatic carbocycles. The van der Waals surface area contributed by atoms with Crippen LogP contribution in [0.2, 0.25) is 0 Å². The lowest BCUT2D eigenvalue weighted by Crippen LogP contribution is -2.31. The van der Waals surface area contributed by atoms with Crippen molar-refractivity contribution >= 4 is 15.9 Å². The van der Waals surface area contributed by atoms with E-state index in [1.54, 1.807) is 19.6 Å². The Balaban J connectivity index is 2.07. The minimum absolute atomic E-state index is 0.00571. The highest BCUT2D eigenvalue weighted by atomic mass is 79.9. The van der Waals surface area contributed by atoms with Crippen LogP contribution in [0.1, 0.15) is 23.9 Å². The molecule has 3 N–H and O–H groups in total. The molecule has 0 amide bonds. The fourth-order valence-corrected chi connectivity index (χ4v) is 2.69. The van der Waals surface area contributed by atoms with Crippen molar-refractivity contribution in [1.82, 2.24) is 15.2 Å². The first kappa shape index (κ1) is 15.2. The Kier molecular flexibility index (Phi) is 5.78. The maximum absolute atomic E-state index is 5.70. The summed E-state index contributed by atoms with van der Waals surface area (Å²) in [6.07, 6.45) is 5.09. The van der Waals surface area contributed by atoms with E-state index in [0.717, 1.165) is 28.8 Å². The SMILES string of the molecule is COCCn1ncc(Br)c1C(CCc1ccco1)NN. The van der Waals surface area contributed by atoms with E-state index < -0.39 is 0 Å². The standard InChI is InChI=1S/C13H19BrN4O2/c1-19-8-6-18-13(11(14)9-16-18)12(17-15)5-4-10-3-2-7-20-10/h2-3,7,9,12,17H,4-6,8,15H2,1H3. The number of nitrogens with two attached hydrogens (primary N) is 1. The number of aromatic nitrogens is 2. The molecule has 2 aromatic rings. The molecule has 0 saturated heterocycles. The van der Waals surface area contributed by atoms with Crippen molar-refractivity contribution in [2.45, 2.75) is 25.4 Å². The third kappa shape index (κ3) is 3.69. The maximum Gasteiger partial charge on any atom is 0.103 e. The van der Waals surface area contributed by atoms with E-state index in [4.69, 9.17) is 15.0 Å². The number of nitrogens with one attached hydrogen (secondary N) is 1. The molecule has 1 unspecified atom stereocenters. The molecule has 110 valence electrons. The molecule has 2 heterocycles. The summed E-state index contributed by atoms with van der Waals surface area (Å²) in [6, 6.07) is 3.85. The number of furan rings is 1. The van der Waals surface area contributed by atoms with Crippen LogP contribution < -0.4 is 11.3 Å². The Morgan fingerprint density at radius 2 is 2.45 bits per heavy atom. The Morgan fingerprint density at radius 1 is 1.60 bits per heavy atom. The van der Waals surface area contributed by atoms with Crippen molar-refractivity contribution in [3.63, 3.8) is 0 Å². The van der Waals surface area contributed by atoms with Gasteiger partial charge in [-0.2, -0.15) is 5.10 Å². The highest BCUT2D eigenvalue weighted by Gasteiger charge is 2.19. The number of hydrogen-bond acceptors (Lipinski definition) is 5. The number of hydrogen-bond donors (Lipinski definition) is 2. The van der Waals surface area contributed by atoms with Crippen LogP contribution in [0.4, 0.5) is 0 Å². The van der Waals surface area contributed by atoms with Crippen molar-refractivity contribution < 1.29 is 9.15 Å². The summed E-state index contributed by atoms with van der Waals surface area (Å²) in [6.45, 7) is 1.30. The summed E-state index contributed by atoms with van der Waals surface area (Å²) in [4.78, 5) is 0. The molecular weight excluding hydrogens is 324 g/mol. The van der Waals surface area contributed by atoms with Gasteiger partial charge in [-0.15, -0.1) is 0 Å². The van der Waals surface area contributed by atoms with Crippen molar-refractivity contribution in [3.05, 3.63) is 40.5 Å². The second kappa shape index (κ2) is 7.58. The van der Waals surface area contributed by atoms with Gasteiger partial charge in [-0.3, -0.25) is 16.0 Å². The molecule has 6 nitrogen and oxygen atoms in total. The summed E-state index contributed by atoms with van der Waals surface area (Å²) < 4.78 is 13.3. The van der Waals surface area contributed by atoms with Crippen LogP contribution in [0, 0.1) is 0 Å². The molecule has 0 saturated carbocycles. The van der Waals surface area contributed by atoms with Crippen LogP contribution in [-0.2, 0) is 17.7 Å². The van der Waals surface area contributed by atoms with E-state index in [9.17, 15) is 0 Å². The fraction of sp³-hybridized carbons (Fsp3) is 0.462. The predicted octanol–water partition coefficient (Wildman–Crippen LogP) is 2.02. The number of nitrogens with zero attached hydrogens (tertiary/aromatic N) is 2. The minimum Gasteiger partial charge on any atom is -0.469 e. The monoisotopic (exact) mass is 342 g/mol. The first-order valence-electron chi connectivity index (χ1n) is 6.45. The molecule has 20 heavy (non-hydrogen) atoms. The van der Waals surface area contributed by atoms with Crippen LogP contribution >= 0.6 is 15.9 Å².